The predicted molar refractivity (Wildman–Crippen MR) is 279 cm³/mol. The number of aromatic nitrogens is 4. The summed E-state index contributed by atoms with van der Waals surface area (Å²) in [5.41, 5.74) is 5.74. The average molecular weight is 951 g/mol. The molecule has 0 aliphatic rings. The van der Waals surface area contributed by atoms with Crippen molar-refractivity contribution in [2.75, 3.05) is 0 Å². The van der Waals surface area contributed by atoms with Crippen molar-refractivity contribution in [2.24, 2.45) is 0 Å². The molecule has 0 saturated carbocycles. The molecule has 4 heterocycles. The zero-order valence-electron chi connectivity index (χ0n) is 37.8. The van der Waals surface area contributed by atoms with Crippen LogP contribution in [0, 0.1) is 0 Å². The van der Waals surface area contributed by atoms with E-state index in [9.17, 15) is 0 Å². The minimum absolute atomic E-state index is 0.0597. The second-order valence-electron chi connectivity index (χ2n) is 18.3. The Hall–Kier alpha value is -9.02. The van der Waals surface area contributed by atoms with Crippen LogP contribution in [-0.4, -0.2) is 18.3 Å². The summed E-state index contributed by atoms with van der Waals surface area (Å²) in [6, 6.07) is 65.9. The van der Waals surface area contributed by atoms with Crippen LogP contribution in [0.15, 0.2) is 218 Å². The Labute approximate surface area is 406 Å². The van der Waals surface area contributed by atoms with E-state index in [4.69, 9.17) is 0 Å². The summed E-state index contributed by atoms with van der Waals surface area (Å²) >= 11 is 0. The van der Waals surface area contributed by atoms with Gasteiger partial charge in [0.1, 0.15) is 0 Å². The molecule has 346 valence electrons. The zero-order valence-corrected chi connectivity index (χ0v) is 37.8. The van der Waals surface area contributed by atoms with Crippen LogP contribution in [0.5, 0.6) is 0 Å². The van der Waals surface area contributed by atoms with Crippen molar-refractivity contribution < 1.29 is 26.3 Å². The second kappa shape index (κ2) is 15.2. The third-order valence-corrected chi connectivity index (χ3v) is 14.4. The molecule has 14 aromatic rings. The lowest BCUT2D eigenvalue weighted by Crippen LogP contribution is -2.12. The van der Waals surface area contributed by atoms with Crippen molar-refractivity contribution >= 4 is 87.2 Å². The van der Waals surface area contributed by atoms with Crippen molar-refractivity contribution in [1.82, 2.24) is 18.3 Å². The van der Waals surface area contributed by atoms with Crippen molar-refractivity contribution in [1.29, 1.82) is 0 Å². The van der Waals surface area contributed by atoms with E-state index < -0.39 is 23.5 Å². The largest absolute Gasteiger partial charge is 0.416 e. The van der Waals surface area contributed by atoms with Crippen molar-refractivity contribution in [3.8, 4) is 33.9 Å². The van der Waals surface area contributed by atoms with Gasteiger partial charge < -0.3 is 18.3 Å². The highest BCUT2D eigenvalue weighted by Crippen LogP contribution is 2.50. The van der Waals surface area contributed by atoms with Crippen LogP contribution in [0.25, 0.3) is 121 Å². The Morgan fingerprint density at radius 3 is 0.972 bits per heavy atom. The number of hydrogen-bond acceptors (Lipinski definition) is 0. The van der Waals surface area contributed by atoms with Gasteiger partial charge >= 0.3 is 12.4 Å². The van der Waals surface area contributed by atoms with Gasteiger partial charge in [-0.2, -0.15) is 26.3 Å². The minimum Gasteiger partial charge on any atom is -0.307 e. The van der Waals surface area contributed by atoms with E-state index in [0.717, 1.165) is 101 Å². The van der Waals surface area contributed by atoms with E-state index in [1.807, 2.05) is 179 Å². The van der Waals surface area contributed by atoms with Gasteiger partial charge in [-0.15, -0.1) is 0 Å². The standard InChI is InChI=1S/C62H36F6N4/c63-61(64,65)38-17-15-16-37(34-38)56-54(71-52-28-13-9-24-44(52)48-32-30-46-42-22-7-11-26-50(42)69(57(46)59(48)71)40-18-3-1-4-19-40)35-39(62(66,67)68)36-55(56)72-53-29-14-10-25-45(53)49-33-31-47-43-23-8-12-27-51(43)70(58(47)60(49)72)41-20-5-2-6-21-41/h1-36H. The summed E-state index contributed by atoms with van der Waals surface area (Å²) in [5, 5.41) is 6.63. The molecule has 10 aromatic carbocycles. The van der Waals surface area contributed by atoms with Crippen LogP contribution in [0.1, 0.15) is 11.1 Å². The Bertz CT molecular complexity index is 4280. The quantitative estimate of drug-likeness (QED) is 0.153. The van der Waals surface area contributed by atoms with E-state index in [-0.39, 0.29) is 22.5 Å². The molecule has 0 aliphatic carbocycles. The fourth-order valence-electron chi connectivity index (χ4n) is 11.5. The number of para-hydroxylation sites is 6. The molecule has 4 nitrogen and oxygen atoms in total. The second-order valence-corrected chi connectivity index (χ2v) is 18.3. The Kier molecular flexibility index (Phi) is 8.87. The first-order valence-electron chi connectivity index (χ1n) is 23.5. The first-order chi connectivity index (χ1) is 35.0. The number of benzene rings is 10. The van der Waals surface area contributed by atoms with Crippen LogP contribution in [0.2, 0.25) is 0 Å². The number of rotatable bonds is 5. The molecule has 72 heavy (non-hydrogen) atoms. The molecule has 0 saturated heterocycles. The van der Waals surface area contributed by atoms with Gasteiger partial charge in [-0.3, -0.25) is 0 Å². The van der Waals surface area contributed by atoms with Crippen LogP contribution < -0.4 is 0 Å². The summed E-state index contributed by atoms with van der Waals surface area (Å²) in [6.07, 6.45) is -9.68. The van der Waals surface area contributed by atoms with Gasteiger partial charge in [-0.05, 0) is 78.4 Å². The first-order valence-corrected chi connectivity index (χ1v) is 23.5. The highest BCUT2D eigenvalue weighted by Gasteiger charge is 2.36. The summed E-state index contributed by atoms with van der Waals surface area (Å²) in [4.78, 5) is 0. The van der Waals surface area contributed by atoms with E-state index in [1.54, 1.807) is 6.07 Å². The highest BCUT2D eigenvalue weighted by molar-refractivity contribution is 6.26. The van der Waals surface area contributed by atoms with Crippen LogP contribution in [0.4, 0.5) is 26.3 Å². The molecule has 0 unspecified atom stereocenters. The molecule has 0 spiro atoms. The number of hydrogen-bond donors (Lipinski definition) is 0. The third kappa shape index (κ3) is 6.01. The maximum atomic E-state index is 16.2. The van der Waals surface area contributed by atoms with Gasteiger partial charge in [0.15, 0.2) is 0 Å². The number of alkyl halides is 6. The van der Waals surface area contributed by atoms with E-state index in [1.165, 1.54) is 6.07 Å². The molecule has 0 aliphatic heterocycles. The first kappa shape index (κ1) is 41.9. The molecule has 0 fully saturated rings. The molecule has 0 bridgehead atoms. The van der Waals surface area contributed by atoms with E-state index in [0.29, 0.717) is 22.1 Å². The third-order valence-electron chi connectivity index (χ3n) is 14.4. The maximum absolute atomic E-state index is 16.2. The van der Waals surface area contributed by atoms with Crippen LogP contribution in [0.3, 0.4) is 0 Å². The molecular formula is C62H36F6N4. The smallest absolute Gasteiger partial charge is 0.307 e. The Balaban J connectivity index is 1.25. The SMILES string of the molecule is FC(F)(F)c1cccc(-c2c(-n3c4ccccc4c4ccc5c6ccccc6n(-c6ccccc6)c5c43)cc(C(F)(F)F)cc2-n2c3ccccc3c3ccc4c5ccccc5n(-c5ccccc5)c4c32)c1. The normalized spacial score (nSPS) is 12.6. The van der Waals surface area contributed by atoms with Crippen LogP contribution >= 0.6 is 0 Å². The summed E-state index contributed by atoms with van der Waals surface area (Å²) in [5.74, 6) is 0. The number of fused-ring (bicyclic) bond motifs is 14. The fourth-order valence-corrected chi connectivity index (χ4v) is 11.5. The molecular weight excluding hydrogens is 915 g/mol. The summed E-state index contributed by atoms with van der Waals surface area (Å²) in [7, 11) is 0. The van der Waals surface area contributed by atoms with Crippen LogP contribution in [-0.2, 0) is 12.4 Å². The zero-order chi connectivity index (χ0) is 48.6. The summed E-state index contributed by atoms with van der Waals surface area (Å²) in [6.45, 7) is 0. The fraction of sp³-hybridized carbons (Fsp3) is 0.0323. The Morgan fingerprint density at radius 1 is 0.264 bits per heavy atom. The lowest BCUT2D eigenvalue weighted by atomic mass is 9.96. The Morgan fingerprint density at radius 2 is 0.597 bits per heavy atom. The summed E-state index contributed by atoms with van der Waals surface area (Å²) < 4.78 is 102. The van der Waals surface area contributed by atoms with Crippen molar-refractivity contribution in [2.45, 2.75) is 12.4 Å². The van der Waals surface area contributed by atoms with Gasteiger partial charge in [0, 0.05) is 60.0 Å². The topological polar surface area (TPSA) is 19.7 Å². The average Bonchev–Trinajstić information content (AvgIpc) is 4.13. The van der Waals surface area contributed by atoms with Crippen molar-refractivity contribution in [3.05, 3.63) is 230 Å². The number of nitrogens with zero attached hydrogens (tertiary/aromatic N) is 4. The minimum atomic E-state index is -4.91. The molecule has 0 amide bonds. The van der Waals surface area contributed by atoms with Crippen molar-refractivity contribution in [3.63, 3.8) is 0 Å². The molecule has 4 aromatic heterocycles. The lowest BCUT2D eigenvalue weighted by molar-refractivity contribution is -0.138. The molecule has 0 N–H and O–H groups in total. The van der Waals surface area contributed by atoms with Gasteiger partial charge in [0.05, 0.1) is 66.6 Å². The molecule has 0 atom stereocenters. The van der Waals surface area contributed by atoms with Gasteiger partial charge in [-0.1, -0.05) is 146 Å². The molecule has 14 rings (SSSR count). The van der Waals surface area contributed by atoms with E-state index in [2.05, 4.69) is 21.3 Å². The van der Waals surface area contributed by atoms with Gasteiger partial charge in [0.2, 0.25) is 0 Å². The van der Waals surface area contributed by atoms with Gasteiger partial charge in [0.25, 0.3) is 0 Å². The highest BCUT2D eigenvalue weighted by atomic mass is 19.4. The maximum Gasteiger partial charge on any atom is 0.416 e. The lowest BCUT2D eigenvalue weighted by Gasteiger charge is -2.24. The molecule has 10 heteroatoms. The van der Waals surface area contributed by atoms with E-state index >= 15 is 26.3 Å². The van der Waals surface area contributed by atoms with Gasteiger partial charge in [-0.25, -0.2) is 0 Å². The monoisotopic (exact) mass is 950 g/mol. The molecule has 0 radical (unpaired) electrons. The predicted octanol–water partition coefficient (Wildman–Crippen LogP) is 17.8. The number of halogens is 6.